The third-order valence-electron chi connectivity index (χ3n) is 20.7. The van der Waals surface area contributed by atoms with E-state index in [9.17, 15) is 0 Å². The highest BCUT2D eigenvalue weighted by molar-refractivity contribution is 7.26. The van der Waals surface area contributed by atoms with E-state index in [2.05, 4.69) is 285 Å². The molecule has 0 spiro atoms. The van der Waals surface area contributed by atoms with Crippen LogP contribution in [0.3, 0.4) is 0 Å². The highest BCUT2D eigenvalue weighted by Crippen LogP contribution is 2.43. The van der Waals surface area contributed by atoms with Gasteiger partial charge >= 0.3 is 0 Å². The number of rotatable bonds is 6. The van der Waals surface area contributed by atoms with Crippen LogP contribution in [0, 0.1) is 0 Å². The van der Waals surface area contributed by atoms with Crippen molar-refractivity contribution in [2.45, 2.75) is 0 Å². The smallest absolute Gasteiger partial charge is 0.160 e. The molecule has 107 heavy (non-hydrogen) atoms. The summed E-state index contributed by atoms with van der Waals surface area (Å²) in [5.74, 6) is 2.22. The van der Waals surface area contributed by atoms with Crippen molar-refractivity contribution in [1.82, 2.24) is 29.9 Å². The van der Waals surface area contributed by atoms with Gasteiger partial charge in [0.2, 0.25) is 0 Å². The fourth-order valence-corrected chi connectivity index (χ4v) is 17.8. The van der Waals surface area contributed by atoms with Gasteiger partial charge in [-0.25, -0.2) is 29.9 Å². The molecular formula is C98H58N6OS2. The molecule has 0 radical (unpaired) electrons. The highest BCUT2D eigenvalue weighted by Gasteiger charge is 2.20. The number of fused-ring (bicyclic) bond motifs is 19. The van der Waals surface area contributed by atoms with Crippen molar-refractivity contribution in [1.29, 1.82) is 0 Å². The van der Waals surface area contributed by atoms with Crippen molar-refractivity contribution in [3.8, 4) is 67.9 Å². The van der Waals surface area contributed by atoms with Crippen LogP contribution < -0.4 is 0 Å². The van der Waals surface area contributed by atoms with Crippen LogP contribution in [-0.4, -0.2) is 29.9 Å². The van der Waals surface area contributed by atoms with Crippen LogP contribution in [0.2, 0.25) is 0 Å². The lowest BCUT2D eigenvalue weighted by molar-refractivity contribution is 0.669. The van der Waals surface area contributed by atoms with Crippen LogP contribution in [-0.2, 0) is 0 Å². The number of thiophene rings is 2. The maximum absolute atomic E-state index is 6.11. The predicted molar refractivity (Wildman–Crippen MR) is 452 cm³/mol. The first-order valence-corrected chi connectivity index (χ1v) is 37.5. The van der Waals surface area contributed by atoms with Gasteiger partial charge in [0, 0.05) is 106 Å². The zero-order chi connectivity index (χ0) is 70.5. The minimum absolute atomic E-state index is 0.721. The number of nitrogens with zero attached hydrogens (tertiary/aromatic N) is 6. The van der Waals surface area contributed by atoms with Crippen LogP contribution in [0.4, 0.5) is 0 Å². The molecule has 0 saturated carbocycles. The van der Waals surface area contributed by atoms with Crippen molar-refractivity contribution < 1.29 is 4.42 Å². The van der Waals surface area contributed by atoms with Crippen molar-refractivity contribution in [3.05, 3.63) is 352 Å². The van der Waals surface area contributed by atoms with Crippen molar-refractivity contribution >= 4 is 172 Å². The normalized spacial score (nSPS) is 11.7. The molecule has 498 valence electrons. The number of benzene rings is 17. The maximum Gasteiger partial charge on any atom is 0.160 e. The molecule has 0 N–H and O–H groups in total. The summed E-state index contributed by atoms with van der Waals surface area (Å²) in [5.41, 5.74) is 13.9. The van der Waals surface area contributed by atoms with Gasteiger partial charge in [-0.2, -0.15) is 0 Å². The Bertz CT molecular complexity index is 7520. The second-order valence-corrected chi connectivity index (χ2v) is 29.4. The summed E-state index contributed by atoms with van der Waals surface area (Å²) in [6.07, 6.45) is 0. The van der Waals surface area contributed by atoms with Crippen LogP contribution in [0.25, 0.3) is 217 Å². The van der Waals surface area contributed by atoms with E-state index in [1.165, 1.54) is 83.4 Å². The molecule has 0 fully saturated rings. The molecule has 0 aliphatic rings. The monoisotopic (exact) mass is 1400 g/mol. The van der Waals surface area contributed by atoms with Gasteiger partial charge in [-0.3, -0.25) is 0 Å². The van der Waals surface area contributed by atoms with E-state index in [0.29, 0.717) is 0 Å². The number of para-hydroxylation sites is 2. The number of hydrogen-bond acceptors (Lipinski definition) is 9. The first-order chi connectivity index (χ1) is 53.0. The van der Waals surface area contributed by atoms with E-state index in [-0.39, 0.29) is 0 Å². The Morgan fingerprint density at radius 2 is 0.617 bits per heavy atom. The molecule has 23 rings (SSSR count). The van der Waals surface area contributed by atoms with Crippen LogP contribution in [0.1, 0.15) is 0 Å². The van der Waals surface area contributed by atoms with Gasteiger partial charge in [-0.05, 0) is 139 Å². The van der Waals surface area contributed by atoms with Crippen molar-refractivity contribution in [2.75, 3.05) is 0 Å². The van der Waals surface area contributed by atoms with E-state index < -0.39 is 0 Å². The van der Waals surface area contributed by atoms with Crippen LogP contribution in [0.5, 0.6) is 0 Å². The maximum atomic E-state index is 6.11. The molecule has 6 aromatic heterocycles. The van der Waals surface area contributed by atoms with Crippen LogP contribution >= 0.6 is 22.7 Å². The molecule has 0 amide bonds. The number of furan rings is 1. The first kappa shape index (κ1) is 61.9. The lowest BCUT2D eigenvalue weighted by Crippen LogP contribution is -1.96. The average molecular weight is 1400 g/mol. The Morgan fingerprint density at radius 1 is 0.196 bits per heavy atom. The van der Waals surface area contributed by atoms with Gasteiger partial charge in [0.25, 0.3) is 0 Å². The molecule has 7 nitrogen and oxygen atoms in total. The van der Waals surface area contributed by atoms with Gasteiger partial charge in [-0.15, -0.1) is 22.7 Å². The van der Waals surface area contributed by atoms with E-state index in [1.54, 1.807) is 0 Å². The predicted octanol–water partition coefficient (Wildman–Crippen LogP) is 27.3. The van der Waals surface area contributed by atoms with Gasteiger partial charge in [0.05, 0.1) is 33.6 Å². The Kier molecular flexibility index (Phi) is 14.8. The van der Waals surface area contributed by atoms with Gasteiger partial charge in [0.15, 0.2) is 17.5 Å². The molecule has 6 heterocycles. The molecule has 0 atom stereocenters. The third-order valence-corrected chi connectivity index (χ3v) is 23.0. The lowest BCUT2D eigenvalue weighted by atomic mass is 9.99. The molecule has 0 unspecified atom stereocenters. The minimum atomic E-state index is 0.721. The van der Waals surface area contributed by atoms with E-state index in [1.807, 2.05) is 89.4 Å². The summed E-state index contributed by atoms with van der Waals surface area (Å²) in [4.78, 5) is 30.5. The van der Waals surface area contributed by atoms with E-state index in [0.717, 1.165) is 133 Å². The molecule has 23 aromatic rings. The summed E-state index contributed by atoms with van der Waals surface area (Å²) in [6, 6.07) is 124. The molecular weight excluding hydrogens is 1340 g/mol. The molecule has 9 heteroatoms. The molecule has 17 aromatic carbocycles. The molecule has 0 aliphatic carbocycles. The SMILES string of the molecule is c1ccc(-c2nc(-c3ccc4cc5c(cc4c3)oc3ccccc35)nc3ccccc23)cc1.c1ccc(-c2nc(-c3ccc4cc5c(cc4c3)sc3ccccc35)nc3c2ccc2ccccc23)cc1.c1ccc(-c2nc(-c3ccc4cc5c(cc4c3)sc3ccccc35)nc3ccc4ccccc4c23)cc1. The highest BCUT2D eigenvalue weighted by atomic mass is 32.1. The fraction of sp³-hybridized carbons (Fsp3) is 0. The summed E-state index contributed by atoms with van der Waals surface area (Å²) in [5, 5.41) is 22.7. The zero-order valence-corrected chi connectivity index (χ0v) is 59.0. The summed E-state index contributed by atoms with van der Waals surface area (Å²) < 4.78 is 11.4. The number of hydrogen-bond donors (Lipinski definition) is 0. The van der Waals surface area contributed by atoms with Gasteiger partial charge in [-0.1, -0.05) is 261 Å². The standard InChI is InChI=1S/2C34H20N2S.C30H18N2O/c1-2-9-22(10-3-1)33-32-26-11-5-4-8-21(26)16-17-29(32)35-34(36-33)24-15-14-23-19-28-27-12-6-7-13-30(27)37-31(28)20-25(23)18-24;1-2-9-22(10-3-1)32-28-17-16-21-8-4-5-11-26(21)33(28)36-34(35-32)24-15-14-23-19-29-27-12-6-7-13-30(27)37-31(29)20-25(23)18-24;1-2-8-19(9-3-1)29-24-11-4-6-12-26(24)31-30(32-29)21-15-14-20-17-25-23-10-5-7-13-27(23)33-28(25)18-22(20)16-21/h2*1-20H;1-18H. The quantitative estimate of drug-likeness (QED) is 0.153. The number of aromatic nitrogens is 6. The van der Waals surface area contributed by atoms with E-state index >= 15 is 0 Å². The minimum Gasteiger partial charge on any atom is -0.456 e. The average Bonchev–Trinajstić information content (AvgIpc) is 1.55. The molecule has 0 saturated heterocycles. The van der Waals surface area contributed by atoms with E-state index in [4.69, 9.17) is 34.3 Å². The third kappa shape index (κ3) is 11.0. The Labute approximate surface area is 621 Å². The fourth-order valence-electron chi connectivity index (χ4n) is 15.5. The largest absolute Gasteiger partial charge is 0.456 e. The summed E-state index contributed by atoms with van der Waals surface area (Å²) >= 11 is 3.70. The van der Waals surface area contributed by atoms with Crippen molar-refractivity contribution in [3.63, 3.8) is 0 Å². The lowest BCUT2D eigenvalue weighted by Gasteiger charge is -2.12. The van der Waals surface area contributed by atoms with Crippen molar-refractivity contribution in [2.24, 2.45) is 0 Å². The Balaban J connectivity index is 0.000000103. The summed E-state index contributed by atoms with van der Waals surface area (Å²) in [6.45, 7) is 0. The summed E-state index contributed by atoms with van der Waals surface area (Å²) in [7, 11) is 0. The molecule has 0 bridgehead atoms. The molecule has 0 aliphatic heterocycles. The Hall–Kier alpha value is -13.7. The topological polar surface area (TPSA) is 90.5 Å². The van der Waals surface area contributed by atoms with Gasteiger partial charge < -0.3 is 4.42 Å². The van der Waals surface area contributed by atoms with Crippen LogP contribution in [0.15, 0.2) is 356 Å². The first-order valence-electron chi connectivity index (χ1n) is 35.9. The zero-order valence-electron chi connectivity index (χ0n) is 57.4. The second kappa shape index (κ2) is 25.6. The second-order valence-electron chi connectivity index (χ2n) is 27.2. The Morgan fingerprint density at radius 3 is 1.21 bits per heavy atom. The van der Waals surface area contributed by atoms with Gasteiger partial charge in [0.1, 0.15) is 11.2 Å².